The summed E-state index contributed by atoms with van der Waals surface area (Å²) in [5.41, 5.74) is 11.0. The summed E-state index contributed by atoms with van der Waals surface area (Å²) in [7, 11) is 4.89. The van der Waals surface area contributed by atoms with Crippen molar-refractivity contribution in [3.63, 3.8) is 0 Å². The van der Waals surface area contributed by atoms with E-state index in [2.05, 4.69) is 60.8 Å². The van der Waals surface area contributed by atoms with Gasteiger partial charge >= 0.3 is 0 Å². The number of benzene rings is 1. The first-order valence-electron chi connectivity index (χ1n) is 23.5. The van der Waals surface area contributed by atoms with E-state index in [1.54, 1.807) is 0 Å². The Labute approximate surface area is 327 Å². The molecule has 0 saturated heterocycles. The molecule has 0 spiro atoms. The molecule has 1 rings (SSSR count). The molecule has 1 aromatic carbocycles. The first-order valence-corrected chi connectivity index (χ1v) is 23.5. The second-order valence-corrected chi connectivity index (χ2v) is 17.3. The minimum Gasteiger partial charge on any atom is -0.398 e. The van der Waals surface area contributed by atoms with Gasteiger partial charge in [-0.3, -0.25) is 4.79 Å². The fourth-order valence-electron chi connectivity index (χ4n) is 9.24. The van der Waals surface area contributed by atoms with Crippen LogP contribution < -0.4 is 5.73 Å². The maximum Gasteiger partial charge on any atom is 0.164 e. The van der Waals surface area contributed by atoms with Gasteiger partial charge in [0.1, 0.15) is 5.54 Å². The van der Waals surface area contributed by atoms with Crippen LogP contribution in [0.5, 0.6) is 0 Å². The van der Waals surface area contributed by atoms with Gasteiger partial charge in [0, 0.05) is 36.1 Å². The van der Waals surface area contributed by atoms with Crippen LogP contribution in [0.25, 0.3) is 0 Å². The summed E-state index contributed by atoms with van der Waals surface area (Å²) in [6.45, 7) is 12.7. The highest BCUT2D eigenvalue weighted by Gasteiger charge is 2.45. The third-order valence-corrected chi connectivity index (χ3v) is 12.9. The van der Waals surface area contributed by atoms with Crippen LogP contribution in [-0.2, 0) is 12.0 Å². The molecule has 0 heterocycles. The van der Waals surface area contributed by atoms with Crippen molar-refractivity contribution in [3.8, 4) is 0 Å². The highest BCUT2D eigenvalue weighted by Crippen LogP contribution is 2.43. The Bertz CT molecular complexity index is 993. The molecular formula is C49H93N2O+. The van der Waals surface area contributed by atoms with E-state index >= 15 is 0 Å². The molecule has 0 unspecified atom stereocenters. The van der Waals surface area contributed by atoms with Gasteiger partial charge in [-0.25, -0.2) is 0 Å². The maximum atomic E-state index is 13.4. The summed E-state index contributed by atoms with van der Waals surface area (Å²) in [4.78, 5) is 13.4. The van der Waals surface area contributed by atoms with Crippen molar-refractivity contribution in [2.75, 3.05) is 26.4 Å². The lowest BCUT2D eigenvalue weighted by Crippen LogP contribution is -2.57. The molecule has 0 fully saturated rings. The van der Waals surface area contributed by atoms with Crippen LogP contribution in [0.4, 0.5) is 5.69 Å². The van der Waals surface area contributed by atoms with Gasteiger partial charge in [-0.15, -0.1) is 0 Å². The number of hydrogen-bond acceptors (Lipinski definition) is 2. The van der Waals surface area contributed by atoms with Crippen molar-refractivity contribution >= 4 is 11.5 Å². The standard InChI is InChI=1S/C49H92N2O/c1-8-13-15-17-19-21-23-25-27-28-30-32-34-36-38-40-47(52)45-41-42-46(44(10-3)48(45)50)49(11-4,12-5)51(6,7)43-39-37-35-33-31-29-26-24-22-20-18-16-14-9-2/h41-42H,8-40,43H2,1-7H3,(H-,50,52)/p+1. The summed E-state index contributed by atoms with van der Waals surface area (Å²) < 4.78 is 0.983. The van der Waals surface area contributed by atoms with Gasteiger partial charge in [0.15, 0.2) is 5.78 Å². The number of quaternary nitrogens is 1. The molecule has 0 aliphatic rings. The largest absolute Gasteiger partial charge is 0.398 e. The summed E-state index contributed by atoms with van der Waals surface area (Å²) in [6.07, 6.45) is 43.4. The zero-order valence-corrected chi connectivity index (χ0v) is 36.6. The first kappa shape index (κ1) is 48.7. The predicted molar refractivity (Wildman–Crippen MR) is 234 cm³/mol. The van der Waals surface area contributed by atoms with E-state index in [0.29, 0.717) is 6.42 Å². The molecule has 0 aromatic heterocycles. The van der Waals surface area contributed by atoms with E-state index in [1.165, 1.54) is 191 Å². The molecule has 0 aliphatic carbocycles. The fraction of sp³-hybridized carbons (Fsp3) is 0.857. The van der Waals surface area contributed by atoms with E-state index < -0.39 is 0 Å². The number of unbranched alkanes of at least 4 members (excludes halogenated alkanes) is 27. The molecule has 2 N–H and O–H groups in total. The van der Waals surface area contributed by atoms with Crippen LogP contribution in [0, 0.1) is 0 Å². The quantitative estimate of drug-likeness (QED) is 0.0321. The second kappa shape index (κ2) is 30.9. The normalized spacial score (nSPS) is 12.2. The van der Waals surface area contributed by atoms with E-state index in [9.17, 15) is 4.79 Å². The van der Waals surface area contributed by atoms with Crippen molar-refractivity contribution in [2.45, 2.75) is 252 Å². The van der Waals surface area contributed by atoms with Crippen LogP contribution in [0.15, 0.2) is 12.1 Å². The van der Waals surface area contributed by atoms with Crippen molar-refractivity contribution in [1.29, 1.82) is 0 Å². The molecule has 0 saturated carbocycles. The summed E-state index contributed by atoms with van der Waals surface area (Å²) >= 11 is 0. The summed E-state index contributed by atoms with van der Waals surface area (Å²) in [5, 5.41) is 0. The Kier molecular flexibility index (Phi) is 28.9. The Balaban J connectivity index is 2.49. The number of rotatable bonds is 37. The van der Waals surface area contributed by atoms with Crippen molar-refractivity contribution in [1.82, 2.24) is 0 Å². The molecule has 0 radical (unpaired) electrons. The third kappa shape index (κ3) is 18.8. The van der Waals surface area contributed by atoms with E-state index in [1.807, 2.05) is 0 Å². The minimum absolute atomic E-state index is 0.00578. The summed E-state index contributed by atoms with van der Waals surface area (Å²) in [6, 6.07) is 4.39. The van der Waals surface area contributed by atoms with Crippen LogP contribution in [0.1, 0.15) is 262 Å². The van der Waals surface area contributed by atoms with Crippen LogP contribution in [0.2, 0.25) is 0 Å². The van der Waals surface area contributed by atoms with Crippen LogP contribution in [0.3, 0.4) is 0 Å². The molecule has 304 valence electrons. The highest BCUT2D eigenvalue weighted by atomic mass is 16.1. The number of ketones is 1. The van der Waals surface area contributed by atoms with Gasteiger partial charge in [0.25, 0.3) is 0 Å². The summed E-state index contributed by atoms with van der Waals surface area (Å²) in [5.74, 6) is 0.239. The zero-order valence-electron chi connectivity index (χ0n) is 36.6. The van der Waals surface area contributed by atoms with Gasteiger partial charge in [-0.2, -0.15) is 0 Å². The molecule has 3 nitrogen and oxygen atoms in total. The van der Waals surface area contributed by atoms with E-state index in [0.717, 1.165) is 47.8 Å². The van der Waals surface area contributed by atoms with Gasteiger partial charge in [-0.05, 0) is 37.3 Å². The Morgan fingerprint density at radius 1 is 0.519 bits per heavy atom. The Hall–Kier alpha value is -1.35. The zero-order chi connectivity index (χ0) is 38.3. The van der Waals surface area contributed by atoms with Crippen LogP contribution >= 0.6 is 0 Å². The smallest absolute Gasteiger partial charge is 0.164 e. The number of carbonyl (C=O) groups is 1. The lowest BCUT2D eigenvalue weighted by molar-refractivity contribution is -0.951. The van der Waals surface area contributed by atoms with Crippen molar-refractivity contribution in [3.05, 3.63) is 28.8 Å². The molecule has 52 heavy (non-hydrogen) atoms. The number of carbonyl (C=O) groups excluding carboxylic acids is 1. The van der Waals surface area contributed by atoms with Gasteiger partial charge < -0.3 is 10.2 Å². The first-order chi connectivity index (χ1) is 25.3. The monoisotopic (exact) mass is 726 g/mol. The lowest BCUT2D eigenvalue weighted by Gasteiger charge is -2.49. The maximum absolute atomic E-state index is 13.4. The predicted octanol–water partition coefficient (Wildman–Crippen LogP) is 15.8. The topological polar surface area (TPSA) is 43.1 Å². The molecule has 1 aromatic rings. The second-order valence-electron chi connectivity index (χ2n) is 17.3. The Morgan fingerprint density at radius 2 is 0.865 bits per heavy atom. The number of hydrogen-bond donors (Lipinski definition) is 1. The molecule has 0 amide bonds. The lowest BCUT2D eigenvalue weighted by atomic mass is 9.77. The van der Waals surface area contributed by atoms with E-state index in [4.69, 9.17) is 5.73 Å². The average Bonchev–Trinajstić information content (AvgIpc) is 3.14. The minimum atomic E-state index is 0.00578. The molecule has 0 bridgehead atoms. The van der Waals surface area contributed by atoms with Gasteiger partial charge in [-0.1, -0.05) is 208 Å². The number of nitrogens with two attached hydrogens (primary N) is 1. The van der Waals surface area contributed by atoms with E-state index in [-0.39, 0.29) is 11.3 Å². The molecule has 0 aliphatic heterocycles. The fourth-order valence-corrected chi connectivity index (χ4v) is 9.24. The number of nitrogen functional groups attached to an aromatic ring is 1. The molecule has 3 heteroatoms. The SMILES string of the molecule is CCCCCCCCCCCCCCCCCC(=O)c1ccc(C(CC)(CC)[N+](C)(C)CCCCCCCCCCCCCCCC)c(CC)c1N. The Morgan fingerprint density at radius 3 is 1.21 bits per heavy atom. The van der Waals surface area contributed by atoms with Crippen LogP contribution in [-0.4, -0.2) is 30.9 Å². The van der Waals surface area contributed by atoms with Gasteiger partial charge in [0.2, 0.25) is 0 Å². The highest BCUT2D eigenvalue weighted by molar-refractivity contribution is 6.01. The number of anilines is 1. The van der Waals surface area contributed by atoms with Crippen molar-refractivity contribution < 1.29 is 9.28 Å². The molecular weight excluding hydrogens is 633 g/mol. The average molecular weight is 726 g/mol. The van der Waals surface area contributed by atoms with Gasteiger partial charge in [0.05, 0.1) is 20.6 Å². The number of nitrogens with zero attached hydrogens (tertiary/aromatic N) is 1. The molecule has 0 atom stereocenters. The number of Topliss-reactive ketones (excluding diaryl/α,β-unsaturated/α-hetero) is 1. The van der Waals surface area contributed by atoms with Crippen molar-refractivity contribution in [2.24, 2.45) is 0 Å². The third-order valence-electron chi connectivity index (χ3n) is 12.9.